The Balaban J connectivity index is 2.43. The molecule has 1 aromatic rings. The maximum atomic E-state index is 10.2. The molecule has 74 valence electrons. The minimum atomic E-state index is -0.519. The van der Waals surface area contributed by atoms with Crippen molar-refractivity contribution in [3.8, 4) is 5.75 Å². The minimum absolute atomic E-state index is 0.0894. The van der Waals surface area contributed by atoms with Gasteiger partial charge in [-0.15, -0.1) is 0 Å². The lowest BCUT2D eigenvalue weighted by Gasteiger charge is -2.00. The number of hydrogen-bond donors (Lipinski definition) is 0. The molecule has 1 rings (SSSR count). The number of nitro groups is 1. The van der Waals surface area contributed by atoms with Crippen LogP contribution in [-0.4, -0.2) is 11.5 Å². The highest BCUT2D eigenvalue weighted by Gasteiger charge is 2.02. The van der Waals surface area contributed by atoms with E-state index in [9.17, 15) is 10.1 Å². The zero-order valence-electron chi connectivity index (χ0n) is 7.22. The molecule has 0 saturated carbocycles. The zero-order valence-corrected chi connectivity index (χ0v) is 8.81. The smallest absolute Gasteiger partial charge is 0.310 e. The van der Waals surface area contributed by atoms with Crippen molar-refractivity contribution in [3.05, 3.63) is 51.1 Å². The van der Waals surface area contributed by atoms with E-state index in [1.807, 2.05) is 18.2 Å². The molecule has 0 unspecified atom stereocenters. The molecule has 14 heavy (non-hydrogen) atoms. The summed E-state index contributed by atoms with van der Waals surface area (Å²) in [6, 6.07) is 9.11. The monoisotopic (exact) mass is 257 g/mol. The first-order valence-corrected chi connectivity index (χ1v) is 4.67. The lowest BCUT2D eigenvalue weighted by molar-refractivity contribution is -0.409. The van der Waals surface area contributed by atoms with E-state index in [0.29, 0.717) is 5.75 Å². The second-order valence-corrected chi connectivity index (χ2v) is 3.22. The molecule has 0 aromatic heterocycles. The van der Waals surface area contributed by atoms with Crippen molar-refractivity contribution in [3.63, 3.8) is 0 Å². The van der Waals surface area contributed by atoms with Crippen LogP contribution < -0.4 is 4.74 Å². The molecular weight excluding hydrogens is 250 g/mol. The highest BCUT2D eigenvalue weighted by atomic mass is 79.9. The van der Waals surface area contributed by atoms with Crippen LogP contribution in [0.25, 0.3) is 0 Å². The van der Waals surface area contributed by atoms with Gasteiger partial charge < -0.3 is 4.74 Å². The average Bonchev–Trinajstić information content (AvgIpc) is 2.19. The molecule has 0 amide bonds. The van der Waals surface area contributed by atoms with Crippen molar-refractivity contribution in [2.24, 2.45) is 0 Å². The van der Waals surface area contributed by atoms with Crippen molar-refractivity contribution in [1.82, 2.24) is 0 Å². The molecule has 0 heterocycles. The summed E-state index contributed by atoms with van der Waals surface area (Å²) in [5, 5.41) is 10.2. The molecule has 0 aliphatic heterocycles. The van der Waals surface area contributed by atoms with E-state index in [-0.39, 0.29) is 11.2 Å². The largest absolute Gasteiger partial charge is 0.489 e. The standard InChI is InChI=1S/C9H8BrNO3/c10-9(11(12)13)6-7-14-8-4-2-1-3-5-8/h1-6H,7H2. The van der Waals surface area contributed by atoms with Crippen molar-refractivity contribution >= 4 is 15.9 Å². The van der Waals surface area contributed by atoms with Gasteiger partial charge in [-0.3, -0.25) is 10.1 Å². The van der Waals surface area contributed by atoms with E-state index in [4.69, 9.17) is 4.74 Å². The molecule has 0 fully saturated rings. The van der Waals surface area contributed by atoms with Crippen LogP contribution in [-0.2, 0) is 0 Å². The Bertz CT molecular complexity index is 337. The number of benzene rings is 1. The highest BCUT2D eigenvalue weighted by molar-refractivity contribution is 9.11. The van der Waals surface area contributed by atoms with Crippen LogP contribution in [0.5, 0.6) is 5.75 Å². The number of halogens is 1. The summed E-state index contributed by atoms with van der Waals surface area (Å²) < 4.78 is 5.13. The molecule has 0 spiro atoms. The molecule has 0 radical (unpaired) electrons. The zero-order chi connectivity index (χ0) is 10.4. The Labute approximate surface area is 89.5 Å². The van der Waals surface area contributed by atoms with Crippen molar-refractivity contribution in [1.29, 1.82) is 0 Å². The van der Waals surface area contributed by atoms with Gasteiger partial charge in [0, 0.05) is 22.0 Å². The average molecular weight is 258 g/mol. The molecule has 1 aromatic carbocycles. The van der Waals surface area contributed by atoms with Gasteiger partial charge >= 0.3 is 4.61 Å². The fraction of sp³-hybridized carbons (Fsp3) is 0.111. The summed E-state index contributed by atoms with van der Waals surface area (Å²) >= 11 is 2.80. The van der Waals surface area contributed by atoms with Gasteiger partial charge in [-0.05, 0) is 12.1 Å². The van der Waals surface area contributed by atoms with Gasteiger partial charge in [0.1, 0.15) is 12.4 Å². The van der Waals surface area contributed by atoms with Crippen LogP contribution >= 0.6 is 15.9 Å². The molecular formula is C9H8BrNO3. The Morgan fingerprint density at radius 1 is 1.50 bits per heavy atom. The van der Waals surface area contributed by atoms with Crippen LogP contribution in [0.2, 0.25) is 0 Å². The van der Waals surface area contributed by atoms with E-state index < -0.39 is 4.92 Å². The highest BCUT2D eigenvalue weighted by Crippen LogP contribution is 2.09. The van der Waals surface area contributed by atoms with E-state index >= 15 is 0 Å². The van der Waals surface area contributed by atoms with Gasteiger partial charge in [0.05, 0.1) is 4.92 Å². The number of para-hydroxylation sites is 1. The van der Waals surface area contributed by atoms with Gasteiger partial charge in [0.25, 0.3) is 0 Å². The predicted octanol–water partition coefficient (Wildman–Crippen LogP) is 2.58. The lowest BCUT2D eigenvalue weighted by Crippen LogP contribution is -1.97. The maximum absolute atomic E-state index is 10.2. The lowest BCUT2D eigenvalue weighted by atomic mass is 10.3. The second-order valence-electron chi connectivity index (χ2n) is 2.41. The van der Waals surface area contributed by atoms with Crippen LogP contribution in [0, 0.1) is 10.1 Å². The van der Waals surface area contributed by atoms with Gasteiger partial charge in [-0.1, -0.05) is 18.2 Å². The first-order chi connectivity index (χ1) is 6.70. The molecule has 4 nitrogen and oxygen atoms in total. The molecule has 0 N–H and O–H groups in total. The Kier molecular flexibility index (Phi) is 4.12. The third kappa shape index (κ3) is 3.57. The molecule has 0 atom stereocenters. The first kappa shape index (κ1) is 10.7. The van der Waals surface area contributed by atoms with Gasteiger partial charge in [0.2, 0.25) is 0 Å². The summed E-state index contributed by atoms with van der Waals surface area (Å²) in [7, 11) is 0. The number of rotatable bonds is 4. The van der Waals surface area contributed by atoms with E-state index in [1.54, 1.807) is 12.1 Å². The number of ether oxygens (including phenoxy) is 1. The van der Waals surface area contributed by atoms with Crippen LogP contribution in [0.3, 0.4) is 0 Å². The molecule has 0 aliphatic rings. The van der Waals surface area contributed by atoms with E-state index in [1.165, 1.54) is 6.08 Å². The molecule has 0 bridgehead atoms. The topological polar surface area (TPSA) is 52.4 Å². The summed E-state index contributed by atoms with van der Waals surface area (Å²) in [5.74, 6) is 0.687. The fourth-order valence-corrected chi connectivity index (χ4v) is 0.930. The maximum Gasteiger partial charge on any atom is 0.310 e. The van der Waals surface area contributed by atoms with Gasteiger partial charge in [0.15, 0.2) is 0 Å². The van der Waals surface area contributed by atoms with Crippen LogP contribution in [0.1, 0.15) is 0 Å². The third-order valence-corrected chi connectivity index (χ3v) is 2.03. The van der Waals surface area contributed by atoms with Crippen LogP contribution in [0.4, 0.5) is 0 Å². The van der Waals surface area contributed by atoms with Crippen molar-refractivity contribution < 1.29 is 9.66 Å². The van der Waals surface area contributed by atoms with Gasteiger partial charge in [-0.25, -0.2) is 0 Å². The summed E-state index contributed by atoms with van der Waals surface area (Å²) in [6.07, 6.45) is 1.35. The normalized spacial score (nSPS) is 11.1. The molecule has 5 heteroatoms. The summed E-state index contributed by atoms with van der Waals surface area (Å²) in [5.41, 5.74) is 0. The van der Waals surface area contributed by atoms with Gasteiger partial charge in [-0.2, -0.15) is 0 Å². The van der Waals surface area contributed by atoms with E-state index in [0.717, 1.165) is 0 Å². The fourth-order valence-electron chi connectivity index (χ4n) is 0.798. The quantitative estimate of drug-likeness (QED) is 0.473. The Morgan fingerprint density at radius 3 is 2.71 bits per heavy atom. The third-order valence-electron chi connectivity index (χ3n) is 1.42. The number of nitrogens with zero attached hydrogens (tertiary/aromatic N) is 1. The Hall–Kier alpha value is -1.36. The van der Waals surface area contributed by atoms with Crippen molar-refractivity contribution in [2.75, 3.05) is 6.61 Å². The first-order valence-electron chi connectivity index (χ1n) is 3.88. The number of hydrogen-bond acceptors (Lipinski definition) is 3. The second kappa shape index (κ2) is 5.39. The van der Waals surface area contributed by atoms with Crippen LogP contribution in [0.15, 0.2) is 41.0 Å². The van der Waals surface area contributed by atoms with Crippen molar-refractivity contribution in [2.45, 2.75) is 0 Å². The summed E-state index contributed by atoms with van der Waals surface area (Å²) in [4.78, 5) is 9.66. The summed E-state index contributed by atoms with van der Waals surface area (Å²) in [6.45, 7) is 0.172. The SMILES string of the molecule is O=[N+]([O-])C(Br)=CCOc1ccccc1. The molecule has 0 aliphatic carbocycles. The minimum Gasteiger partial charge on any atom is -0.489 e. The van der Waals surface area contributed by atoms with E-state index in [2.05, 4.69) is 15.9 Å². The Morgan fingerprint density at radius 2 is 2.14 bits per heavy atom. The molecule has 0 saturated heterocycles. The predicted molar refractivity (Wildman–Crippen MR) is 55.9 cm³/mol.